The van der Waals surface area contributed by atoms with Crippen LogP contribution < -0.4 is 5.32 Å². The number of morpholine rings is 1. The SMILES string of the molecule is O=C(Nc1ccc(CN2CCOCC2)cc1)c1ccccc1. The van der Waals surface area contributed by atoms with Crippen LogP contribution in [0.4, 0.5) is 5.69 Å². The molecule has 3 rings (SSSR count). The summed E-state index contributed by atoms with van der Waals surface area (Å²) in [5.74, 6) is -0.0819. The fourth-order valence-corrected chi connectivity index (χ4v) is 2.50. The molecule has 0 unspecified atom stereocenters. The van der Waals surface area contributed by atoms with E-state index in [0.717, 1.165) is 38.5 Å². The van der Waals surface area contributed by atoms with Crippen LogP contribution in [0.2, 0.25) is 0 Å². The van der Waals surface area contributed by atoms with E-state index in [0.29, 0.717) is 5.56 Å². The van der Waals surface area contributed by atoms with Crippen LogP contribution in [0, 0.1) is 0 Å². The Morgan fingerprint density at radius 2 is 1.68 bits per heavy atom. The lowest BCUT2D eigenvalue weighted by molar-refractivity contribution is 0.0342. The molecule has 0 atom stereocenters. The van der Waals surface area contributed by atoms with Crippen LogP contribution in [0.1, 0.15) is 15.9 Å². The third-order valence-corrected chi connectivity index (χ3v) is 3.76. The fourth-order valence-electron chi connectivity index (χ4n) is 2.50. The Bertz CT molecular complexity index is 605. The van der Waals surface area contributed by atoms with Crippen molar-refractivity contribution in [3.05, 3.63) is 65.7 Å². The molecule has 0 spiro atoms. The molecule has 1 amide bonds. The molecule has 1 fully saturated rings. The second-order valence-electron chi connectivity index (χ2n) is 5.41. The van der Waals surface area contributed by atoms with Crippen LogP contribution in [-0.2, 0) is 11.3 Å². The van der Waals surface area contributed by atoms with Gasteiger partial charge in [0.2, 0.25) is 0 Å². The van der Waals surface area contributed by atoms with Crippen LogP contribution in [0.15, 0.2) is 54.6 Å². The number of rotatable bonds is 4. The molecular weight excluding hydrogens is 276 g/mol. The van der Waals surface area contributed by atoms with Crippen molar-refractivity contribution in [2.45, 2.75) is 6.54 Å². The lowest BCUT2D eigenvalue weighted by atomic mass is 10.1. The number of nitrogens with one attached hydrogen (secondary N) is 1. The van der Waals surface area contributed by atoms with Crippen molar-refractivity contribution in [1.29, 1.82) is 0 Å². The number of benzene rings is 2. The van der Waals surface area contributed by atoms with Crippen molar-refractivity contribution < 1.29 is 9.53 Å². The monoisotopic (exact) mass is 296 g/mol. The molecular formula is C18H20N2O2. The van der Waals surface area contributed by atoms with Crippen molar-refractivity contribution in [2.24, 2.45) is 0 Å². The van der Waals surface area contributed by atoms with E-state index in [1.807, 2.05) is 42.5 Å². The van der Waals surface area contributed by atoms with Gasteiger partial charge < -0.3 is 10.1 Å². The highest BCUT2D eigenvalue weighted by Crippen LogP contribution is 2.13. The predicted octanol–water partition coefficient (Wildman–Crippen LogP) is 2.77. The van der Waals surface area contributed by atoms with Gasteiger partial charge in [-0.3, -0.25) is 9.69 Å². The first-order valence-corrected chi connectivity index (χ1v) is 7.57. The zero-order valence-electron chi connectivity index (χ0n) is 12.5. The molecule has 1 aliphatic rings. The molecule has 1 saturated heterocycles. The van der Waals surface area contributed by atoms with Gasteiger partial charge in [0.25, 0.3) is 5.91 Å². The van der Waals surface area contributed by atoms with Gasteiger partial charge in [0.05, 0.1) is 13.2 Å². The smallest absolute Gasteiger partial charge is 0.255 e. The van der Waals surface area contributed by atoms with Crippen LogP contribution >= 0.6 is 0 Å². The minimum Gasteiger partial charge on any atom is -0.379 e. The van der Waals surface area contributed by atoms with Gasteiger partial charge in [-0.1, -0.05) is 30.3 Å². The average Bonchev–Trinajstić information content (AvgIpc) is 2.58. The Morgan fingerprint density at radius 3 is 2.36 bits per heavy atom. The number of hydrogen-bond donors (Lipinski definition) is 1. The summed E-state index contributed by atoms with van der Waals surface area (Å²) in [6.45, 7) is 4.51. The third kappa shape index (κ3) is 3.93. The van der Waals surface area contributed by atoms with Gasteiger partial charge in [-0.05, 0) is 29.8 Å². The summed E-state index contributed by atoms with van der Waals surface area (Å²) in [6, 6.07) is 17.3. The molecule has 4 nitrogen and oxygen atoms in total. The van der Waals surface area contributed by atoms with Gasteiger partial charge in [0.15, 0.2) is 0 Å². The Balaban J connectivity index is 1.58. The fraction of sp³-hybridized carbons (Fsp3) is 0.278. The molecule has 0 saturated carbocycles. The number of nitrogens with zero attached hydrogens (tertiary/aromatic N) is 1. The molecule has 1 heterocycles. The highest BCUT2D eigenvalue weighted by Gasteiger charge is 2.10. The second-order valence-corrected chi connectivity index (χ2v) is 5.41. The molecule has 0 aromatic heterocycles. The summed E-state index contributed by atoms with van der Waals surface area (Å²) < 4.78 is 5.35. The minimum atomic E-state index is -0.0819. The first kappa shape index (κ1) is 14.8. The predicted molar refractivity (Wildman–Crippen MR) is 86.9 cm³/mol. The van der Waals surface area contributed by atoms with Gasteiger partial charge in [-0.25, -0.2) is 0 Å². The van der Waals surface area contributed by atoms with Crippen LogP contribution in [0.3, 0.4) is 0 Å². The lowest BCUT2D eigenvalue weighted by Gasteiger charge is -2.26. The molecule has 22 heavy (non-hydrogen) atoms. The number of carbonyl (C=O) groups excluding carboxylic acids is 1. The second kappa shape index (κ2) is 7.20. The van der Waals surface area contributed by atoms with Crippen LogP contribution in [0.5, 0.6) is 0 Å². The number of amides is 1. The van der Waals surface area contributed by atoms with Crippen molar-refractivity contribution in [1.82, 2.24) is 4.90 Å². The molecule has 0 radical (unpaired) electrons. The Labute approximate surface area is 130 Å². The maximum absolute atomic E-state index is 12.1. The summed E-state index contributed by atoms with van der Waals surface area (Å²) in [4.78, 5) is 14.5. The lowest BCUT2D eigenvalue weighted by Crippen LogP contribution is -2.35. The highest BCUT2D eigenvalue weighted by atomic mass is 16.5. The van der Waals surface area contributed by atoms with E-state index in [9.17, 15) is 4.79 Å². The first-order chi connectivity index (χ1) is 10.8. The van der Waals surface area contributed by atoms with Gasteiger partial charge in [-0.2, -0.15) is 0 Å². The Hall–Kier alpha value is -2.17. The molecule has 0 aliphatic carbocycles. The molecule has 4 heteroatoms. The van der Waals surface area contributed by atoms with Gasteiger partial charge >= 0.3 is 0 Å². The summed E-state index contributed by atoms with van der Waals surface area (Å²) in [7, 11) is 0. The molecule has 2 aromatic rings. The van der Waals surface area contributed by atoms with Crippen molar-refractivity contribution in [3.8, 4) is 0 Å². The van der Waals surface area contributed by atoms with Gasteiger partial charge in [0.1, 0.15) is 0 Å². The van der Waals surface area contributed by atoms with E-state index in [-0.39, 0.29) is 5.91 Å². The largest absolute Gasteiger partial charge is 0.379 e. The molecule has 114 valence electrons. The standard InChI is InChI=1S/C18H20N2O2/c21-18(16-4-2-1-3-5-16)19-17-8-6-15(7-9-17)14-20-10-12-22-13-11-20/h1-9H,10-14H2,(H,19,21). The number of ether oxygens (including phenoxy) is 1. The average molecular weight is 296 g/mol. The van der Waals surface area contributed by atoms with E-state index in [2.05, 4.69) is 22.3 Å². The zero-order valence-corrected chi connectivity index (χ0v) is 12.5. The quantitative estimate of drug-likeness (QED) is 0.943. The number of anilines is 1. The summed E-state index contributed by atoms with van der Waals surface area (Å²) in [6.07, 6.45) is 0. The topological polar surface area (TPSA) is 41.6 Å². The van der Waals surface area contributed by atoms with Crippen molar-refractivity contribution >= 4 is 11.6 Å². The van der Waals surface area contributed by atoms with Crippen LogP contribution in [0.25, 0.3) is 0 Å². The summed E-state index contributed by atoms with van der Waals surface area (Å²) in [5.41, 5.74) is 2.74. The van der Waals surface area contributed by atoms with E-state index in [1.54, 1.807) is 0 Å². The first-order valence-electron chi connectivity index (χ1n) is 7.57. The van der Waals surface area contributed by atoms with Crippen molar-refractivity contribution in [2.75, 3.05) is 31.6 Å². The van der Waals surface area contributed by atoms with Crippen molar-refractivity contribution in [3.63, 3.8) is 0 Å². The van der Waals surface area contributed by atoms with E-state index in [4.69, 9.17) is 4.74 Å². The maximum atomic E-state index is 12.1. The van der Waals surface area contributed by atoms with E-state index >= 15 is 0 Å². The van der Waals surface area contributed by atoms with Crippen LogP contribution in [-0.4, -0.2) is 37.1 Å². The normalized spacial score (nSPS) is 15.5. The van der Waals surface area contributed by atoms with Gasteiger partial charge in [-0.15, -0.1) is 0 Å². The van der Waals surface area contributed by atoms with E-state index < -0.39 is 0 Å². The number of hydrogen-bond acceptors (Lipinski definition) is 3. The molecule has 1 aliphatic heterocycles. The molecule has 0 bridgehead atoms. The summed E-state index contributed by atoms with van der Waals surface area (Å²) >= 11 is 0. The summed E-state index contributed by atoms with van der Waals surface area (Å²) in [5, 5.41) is 2.92. The molecule has 2 aromatic carbocycles. The maximum Gasteiger partial charge on any atom is 0.255 e. The minimum absolute atomic E-state index is 0.0819. The Morgan fingerprint density at radius 1 is 1.00 bits per heavy atom. The molecule has 1 N–H and O–H groups in total. The number of carbonyl (C=O) groups is 1. The third-order valence-electron chi connectivity index (χ3n) is 3.76. The zero-order chi connectivity index (χ0) is 15.2. The van der Waals surface area contributed by atoms with E-state index in [1.165, 1.54) is 5.56 Å². The Kier molecular flexibility index (Phi) is 4.83. The highest BCUT2D eigenvalue weighted by molar-refractivity contribution is 6.04. The van der Waals surface area contributed by atoms with Gasteiger partial charge in [0, 0.05) is 30.9 Å².